The Morgan fingerprint density at radius 3 is 2.67 bits per heavy atom. The minimum absolute atomic E-state index is 0.0138. The monoisotopic (exact) mass is 211 g/mol. The molecule has 3 atom stereocenters. The maximum Gasteiger partial charge on any atom is 0.225 e. The molecule has 1 saturated carbocycles. The van der Waals surface area contributed by atoms with Crippen molar-refractivity contribution in [2.45, 2.75) is 31.3 Å². The summed E-state index contributed by atoms with van der Waals surface area (Å²) in [7, 11) is 3.49. The van der Waals surface area contributed by atoms with E-state index in [1.807, 2.05) is 0 Å². The van der Waals surface area contributed by atoms with E-state index in [-0.39, 0.29) is 23.9 Å². The van der Waals surface area contributed by atoms with Gasteiger partial charge < -0.3 is 10.6 Å². The third-order valence-electron chi connectivity index (χ3n) is 2.85. The fourth-order valence-corrected chi connectivity index (χ4v) is 1.99. The van der Waals surface area contributed by atoms with Gasteiger partial charge in [0, 0.05) is 31.0 Å². The summed E-state index contributed by atoms with van der Waals surface area (Å²) in [6, 6.07) is -0.343. The first-order valence-electron chi connectivity index (χ1n) is 5.07. The highest BCUT2D eigenvalue weighted by molar-refractivity contribution is 5.78. The third-order valence-corrected chi connectivity index (χ3v) is 2.85. The number of rotatable bonds is 2. The summed E-state index contributed by atoms with van der Waals surface area (Å²) in [4.78, 5) is 16.0. The van der Waals surface area contributed by atoms with Crippen molar-refractivity contribution in [3.8, 4) is 0 Å². The molecule has 6 heteroatoms. The zero-order valence-electron chi connectivity index (χ0n) is 9.13. The van der Waals surface area contributed by atoms with E-state index in [9.17, 15) is 4.79 Å². The number of azide groups is 1. The molecule has 0 spiro atoms. The van der Waals surface area contributed by atoms with Crippen molar-refractivity contribution in [1.82, 2.24) is 4.90 Å². The van der Waals surface area contributed by atoms with Crippen molar-refractivity contribution in [1.29, 1.82) is 0 Å². The number of hydrogen-bond donors (Lipinski definition) is 1. The maximum absolute atomic E-state index is 11.7. The van der Waals surface area contributed by atoms with E-state index in [4.69, 9.17) is 11.3 Å². The Morgan fingerprint density at radius 1 is 1.53 bits per heavy atom. The average Bonchev–Trinajstić information content (AvgIpc) is 2.20. The predicted octanol–water partition coefficient (Wildman–Crippen LogP) is 0.881. The summed E-state index contributed by atoms with van der Waals surface area (Å²) in [5.74, 6) is 0.102. The summed E-state index contributed by atoms with van der Waals surface area (Å²) in [5, 5.41) is 3.63. The lowest BCUT2D eigenvalue weighted by Gasteiger charge is -2.31. The first-order valence-corrected chi connectivity index (χ1v) is 5.07. The molecule has 15 heavy (non-hydrogen) atoms. The molecular formula is C9H17N5O. The second-order valence-corrected chi connectivity index (χ2v) is 4.18. The van der Waals surface area contributed by atoms with Crippen molar-refractivity contribution >= 4 is 5.91 Å². The first kappa shape index (κ1) is 11.8. The number of nitrogens with two attached hydrogens (primary N) is 1. The minimum Gasteiger partial charge on any atom is -0.349 e. The highest BCUT2D eigenvalue weighted by atomic mass is 16.2. The van der Waals surface area contributed by atoms with Crippen LogP contribution >= 0.6 is 0 Å². The lowest BCUT2D eigenvalue weighted by molar-refractivity contribution is -0.134. The van der Waals surface area contributed by atoms with Gasteiger partial charge in [0.2, 0.25) is 5.91 Å². The van der Waals surface area contributed by atoms with Crippen LogP contribution in [0.15, 0.2) is 5.11 Å². The molecule has 1 aliphatic carbocycles. The fourth-order valence-electron chi connectivity index (χ4n) is 1.99. The van der Waals surface area contributed by atoms with Crippen molar-refractivity contribution in [2.75, 3.05) is 14.1 Å². The van der Waals surface area contributed by atoms with Gasteiger partial charge in [-0.3, -0.25) is 4.79 Å². The number of hydrogen-bond acceptors (Lipinski definition) is 3. The Labute approximate surface area is 89.0 Å². The molecule has 0 bridgehead atoms. The first-order chi connectivity index (χ1) is 7.06. The van der Waals surface area contributed by atoms with Crippen molar-refractivity contribution in [3.05, 3.63) is 10.4 Å². The molecule has 0 saturated heterocycles. The van der Waals surface area contributed by atoms with E-state index in [1.54, 1.807) is 19.0 Å². The number of carbonyl (C=O) groups is 1. The molecule has 0 aliphatic heterocycles. The highest BCUT2D eigenvalue weighted by Crippen LogP contribution is 2.26. The minimum atomic E-state index is -0.191. The smallest absolute Gasteiger partial charge is 0.225 e. The van der Waals surface area contributed by atoms with Crippen LogP contribution in [0.3, 0.4) is 0 Å². The van der Waals surface area contributed by atoms with Gasteiger partial charge in [-0.1, -0.05) is 5.11 Å². The van der Waals surface area contributed by atoms with E-state index in [1.165, 1.54) is 0 Å². The molecule has 1 amide bonds. The normalized spacial score (nSPS) is 30.5. The van der Waals surface area contributed by atoms with E-state index < -0.39 is 0 Å². The molecule has 3 unspecified atom stereocenters. The Kier molecular flexibility index (Phi) is 3.94. The molecule has 1 rings (SSSR count). The summed E-state index contributed by atoms with van der Waals surface area (Å²) in [6.45, 7) is 0. The Hall–Kier alpha value is -1.26. The van der Waals surface area contributed by atoms with Gasteiger partial charge >= 0.3 is 0 Å². The Morgan fingerprint density at radius 2 is 2.20 bits per heavy atom. The van der Waals surface area contributed by atoms with Gasteiger partial charge in [0.25, 0.3) is 0 Å². The number of carbonyl (C=O) groups excluding carboxylic acids is 1. The second kappa shape index (κ2) is 5.00. The standard InChI is InChI=1S/C9H17N5O/c1-14(2)9(15)6-3-4-8(12-13-11)7(10)5-6/h6-8H,3-5,10H2,1-2H3. The third kappa shape index (κ3) is 2.84. The largest absolute Gasteiger partial charge is 0.349 e. The SMILES string of the molecule is CN(C)C(=O)C1CCC(N=[N+]=[N-])C(N)C1. The molecule has 0 aromatic carbocycles. The molecule has 1 aliphatic rings. The van der Waals surface area contributed by atoms with E-state index in [0.29, 0.717) is 12.8 Å². The van der Waals surface area contributed by atoms with Crippen LogP contribution in [0.4, 0.5) is 0 Å². The number of nitrogens with zero attached hydrogens (tertiary/aromatic N) is 4. The van der Waals surface area contributed by atoms with Gasteiger partial charge in [-0.2, -0.15) is 0 Å². The van der Waals surface area contributed by atoms with E-state index in [2.05, 4.69) is 10.0 Å². The zero-order chi connectivity index (χ0) is 11.4. The average molecular weight is 211 g/mol. The molecule has 0 radical (unpaired) electrons. The van der Waals surface area contributed by atoms with Gasteiger partial charge in [0.1, 0.15) is 0 Å². The van der Waals surface area contributed by atoms with Crippen LogP contribution in [-0.4, -0.2) is 37.0 Å². The predicted molar refractivity (Wildman–Crippen MR) is 56.9 cm³/mol. The van der Waals surface area contributed by atoms with Gasteiger partial charge in [0.15, 0.2) is 0 Å². The zero-order valence-corrected chi connectivity index (χ0v) is 9.13. The van der Waals surface area contributed by atoms with Crippen LogP contribution in [0.25, 0.3) is 10.4 Å². The van der Waals surface area contributed by atoms with Crippen LogP contribution in [0, 0.1) is 5.92 Å². The molecular weight excluding hydrogens is 194 g/mol. The van der Waals surface area contributed by atoms with E-state index >= 15 is 0 Å². The van der Waals surface area contributed by atoms with Gasteiger partial charge in [-0.15, -0.1) is 0 Å². The lowest BCUT2D eigenvalue weighted by Crippen LogP contribution is -2.43. The molecule has 6 nitrogen and oxygen atoms in total. The van der Waals surface area contributed by atoms with Gasteiger partial charge in [0.05, 0.1) is 6.04 Å². The quantitative estimate of drug-likeness (QED) is 0.417. The lowest BCUT2D eigenvalue weighted by atomic mass is 9.82. The van der Waals surface area contributed by atoms with Crippen molar-refractivity contribution in [2.24, 2.45) is 16.8 Å². The van der Waals surface area contributed by atoms with Crippen LogP contribution < -0.4 is 5.73 Å². The summed E-state index contributed by atoms with van der Waals surface area (Å²) < 4.78 is 0. The summed E-state index contributed by atoms with van der Waals surface area (Å²) in [6.07, 6.45) is 2.07. The maximum atomic E-state index is 11.7. The topological polar surface area (TPSA) is 95.1 Å². The fraction of sp³-hybridized carbons (Fsp3) is 0.889. The van der Waals surface area contributed by atoms with Gasteiger partial charge in [-0.05, 0) is 24.8 Å². The van der Waals surface area contributed by atoms with E-state index in [0.717, 1.165) is 6.42 Å². The van der Waals surface area contributed by atoms with Crippen LogP contribution in [-0.2, 0) is 4.79 Å². The molecule has 1 fully saturated rings. The van der Waals surface area contributed by atoms with Crippen LogP contribution in [0.2, 0.25) is 0 Å². The Bertz CT molecular complexity index is 284. The summed E-state index contributed by atoms with van der Waals surface area (Å²) in [5.41, 5.74) is 14.2. The molecule has 0 aromatic heterocycles. The highest BCUT2D eigenvalue weighted by Gasteiger charge is 2.31. The van der Waals surface area contributed by atoms with Gasteiger partial charge in [-0.25, -0.2) is 0 Å². The molecule has 2 N–H and O–H groups in total. The van der Waals surface area contributed by atoms with Crippen molar-refractivity contribution < 1.29 is 4.79 Å². The summed E-state index contributed by atoms with van der Waals surface area (Å²) >= 11 is 0. The number of amides is 1. The molecule has 0 aromatic rings. The van der Waals surface area contributed by atoms with Crippen LogP contribution in [0.5, 0.6) is 0 Å². The van der Waals surface area contributed by atoms with Crippen LogP contribution in [0.1, 0.15) is 19.3 Å². The Balaban J connectivity index is 2.58. The second-order valence-electron chi connectivity index (χ2n) is 4.18. The van der Waals surface area contributed by atoms with Crippen molar-refractivity contribution in [3.63, 3.8) is 0 Å². The molecule has 84 valence electrons. The molecule has 0 heterocycles.